The first-order chi connectivity index (χ1) is 17.9. The third-order valence-electron chi connectivity index (χ3n) is 7.79. The average Bonchev–Trinajstić information content (AvgIpc) is 3.51. The molecule has 1 unspecified atom stereocenters. The Balaban J connectivity index is 1.27. The number of ether oxygens (including phenoxy) is 1. The molecule has 2 aromatic carbocycles. The van der Waals surface area contributed by atoms with Gasteiger partial charge in [0.1, 0.15) is 29.5 Å². The van der Waals surface area contributed by atoms with Crippen molar-refractivity contribution in [1.82, 2.24) is 14.9 Å². The SMILES string of the molecule is COc1cc2c(cc1Nc1cc(N3OCCC3c3cc(F)cc(F)c3)ncn1)NCC21CCN(C)CC1. The second-order valence-corrected chi connectivity index (χ2v) is 10.1. The van der Waals surface area contributed by atoms with Crippen LogP contribution in [0.2, 0.25) is 0 Å². The number of benzene rings is 2. The Hall–Kier alpha value is -3.50. The molecule has 10 heteroatoms. The monoisotopic (exact) mass is 508 g/mol. The lowest BCUT2D eigenvalue weighted by atomic mass is 9.74. The molecule has 6 rings (SSSR count). The van der Waals surface area contributed by atoms with E-state index < -0.39 is 11.6 Å². The van der Waals surface area contributed by atoms with Gasteiger partial charge in [-0.1, -0.05) is 0 Å². The maximum Gasteiger partial charge on any atom is 0.158 e. The summed E-state index contributed by atoms with van der Waals surface area (Å²) in [5.41, 5.74) is 3.83. The van der Waals surface area contributed by atoms with Crippen LogP contribution in [0.4, 0.5) is 31.8 Å². The molecule has 37 heavy (non-hydrogen) atoms. The fourth-order valence-corrected chi connectivity index (χ4v) is 5.72. The van der Waals surface area contributed by atoms with Crippen LogP contribution in [0, 0.1) is 11.6 Å². The highest BCUT2D eigenvalue weighted by molar-refractivity contribution is 5.76. The maximum atomic E-state index is 13.9. The topological polar surface area (TPSA) is 74.8 Å². The van der Waals surface area contributed by atoms with Gasteiger partial charge >= 0.3 is 0 Å². The van der Waals surface area contributed by atoms with Crippen LogP contribution in [0.5, 0.6) is 5.75 Å². The van der Waals surface area contributed by atoms with E-state index >= 15 is 0 Å². The van der Waals surface area contributed by atoms with Gasteiger partial charge in [-0.3, -0.25) is 4.84 Å². The fraction of sp³-hybridized carbons (Fsp3) is 0.407. The van der Waals surface area contributed by atoms with Gasteiger partial charge in [-0.05, 0) is 68.4 Å². The molecule has 1 atom stereocenters. The molecule has 1 aromatic heterocycles. The molecule has 2 fully saturated rings. The normalized spacial score (nSPS) is 20.6. The van der Waals surface area contributed by atoms with Gasteiger partial charge in [0.15, 0.2) is 5.82 Å². The van der Waals surface area contributed by atoms with Crippen LogP contribution in [0.25, 0.3) is 0 Å². The summed E-state index contributed by atoms with van der Waals surface area (Å²) < 4.78 is 33.5. The van der Waals surface area contributed by atoms with E-state index in [0.717, 1.165) is 55.7 Å². The van der Waals surface area contributed by atoms with Crippen LogP contribution in [0.1, 0.15) is 36.4 Å². The number of piperidine rings is 1. The summed E-state index contributed by atoms with van der Waals surface area (Å²) in [6.07, 6.45) is 4.24. The van der Waals surface area contributed by atoms with E-state index in [1.54, 1.807) is 18.2 Å². The minimum atomic E-state index is -0.619. The molecule has 4 heterocycles. The van der Waals surface area contributed by atoms with Crippen molar-refractivity contribution in [1.29, 1.82) is 0 Å². The minimum Gasteiger partial charge on any atom is -0.495 e. The zero-order valence-electron chi connectivity index (χ0n) is 20.9. The average molecular weight is 509 g/mol. The summed E-state index contributed by atoms with van der Waals surface area (Å²) in [5.74, 6) is 0.548. The standard InChI is InChI=1S/C27H30F2N6O2/c1-34-6-4-27(5-7-34)15-30-21-13-22(24(36-2)12-20(21)27)33-25-14-26(32-16-31-25)35-23(3-8-37-35)17-9-18(28)11-19(29)10-17/h9-14,16,23,30H,3-8,15H2,1-2H3,(H,31,32,33). The third kappa shape index (κ3) is 4.44. The first-order valence-electron chi connectivity index (χ1n) is 12.6. The Kier molecular flexibility index (Phi) is 6.08. The summed E-state index contributed by atoms with van der Waals surface area (Å²) in [7, 11) is 3.84. The van der Waals surface area contributed by atoms with Crippen molar-refractivity contribution < 1.29 is 18.4 Å². The predicted octanol–water partition coefficient (Wildman–Crippen LogP) is 4.78. The molecule has 0 amide bonds. The Morgan fingerprint density at radius 1 is 1.08 bits per heavy atom. The zero-order valence-corrected chi connectivity index (χ0v) is 20.9. The number of fused-ring (bicyclic) bond motifs is 2. The Labute approximate surface area is 214 Å². The van der Waals surface area contributed by atoms with E-state index in [2.05, 4.69) is 44.7 Å². The number of aromatic nitrogens is 2. The number of likely N-dealkylation sites (tertiary alicyclic amines) is 1. The zero-order chi connectivity index (χ0) is 25.6. The molecular weight excluding hydrogens is 478 g/mol. The molecule has 8 nitrogen and oxygen atoms in total. The predicted molar refractivity (Wildman–Crippen MR) is 137 cm³/mol. The van der Waals surface area contributed by atoms with Crippen LogP contribution in [0.15, 0.2) is 42.7 Å². The van der Waals surface area contributed by atoms with E-state index in [0.29, 0.717) is 30.2 Å². The number of halogens is 2. The molecule has 1 spiro atoms. The number of hydroxylamine groups is 1. The Morgan fingerprint density at radius 2 is 1.86 bits per heavy atom. The van der Waals surface area contributed by atoms with Crippen LogP contribution >= 0.6 is 0 Å². The van der Waals surface area contributed by atoms with Gasteiger partial charge in [-0.15, -0.1) is 0 Å². The number of rotatable bonds is 5. The van der Waals surface area contributed by atoms with Crippen LogP contribution in [-0.4, -0.2) is 55.3 Å². The molecule has 2 N–H and O–H groups in total. The first-order valence-corrected chi connectivity index (χ1v) is 12.6. The molecule has 3 aromatic rings. The molecule has 3 aliphatic rings. The van der Waals surface area contributed by atoms with Gasteiger partial charge in [0, 0.05) is 36.2 Å². The molecule has 194 valence electrons. The maximum absolute atomic E-state index is 13.9. The molecule has 3 aliphatic heterocycles. The molecule has 0 radical (unpaired) electrons. The Morgan fingerprint density at radius 3 is 2.62 bits per heavy atom. The van der Waals surface area contributed by atoms with E-state index in [-0.39, 0.29) is 11.5 Å². The second-order valence-electron chi connectivity index (χ2n) is 10.1. The number of anilines is 4. The molecule has 2 saturated heterocycles. The number of methoxy groups -OCH3 is 1. The summed E-state index contributed by atoms with van der Waals surface area (Å²) in [4.78, 5) is 16.9. The van der Waals surface area contributed by atoms with Crippen molar-refractivity contribution in [3.05, 3.63) is 65.5 Å². The highest BCUT2D eigenvalue weighted by Gasteiger charge is 2.41. The first kappa shape index (κ1) is 23.9. The molecular formula is C27H30F2N6O2. The smallest absolute Gasteiger partial charge is 0.158 e. The third-order valence-corrected chi connectivity index (χ3v) is 7.79. The van der Waals surface area contributed by atoms with Gasteiger partial charge in [0.25, 0.3) is 0 Å². The largest absolute Gasteiger partial charge is 0.495 e. The van der Waals surface area contributed by atoms with Gasteiger partial charge in [-0.2, -0.15) is 0 Å². The number of hydrogen-bond donors (Lipinski definition) is 2. The quantitative estimate of drug-likeness (QED) is 0.510. The Bertz CT molecular complexity index is 1290. The lowest BCUT2D eigenvalue weighted by molar-refractivity contribution is 0.156. The molecule has 0 saturated carbocycles. The summed E-state index contributed by atoms with van der Waals surface area (Å²) >= 11 is 0. The van der Waals surface area contributed by atoms with Gasteiger partial charge in [0.2, 0.25) is 0 Å². The summed E-state index contributed by atoms with van der Waals surface area (Å²) in [6.45, 7) is 3.50. The van der Waals surface area contributed by atoms with Crippen molar-refractivity contribution in [2.24, 2.45) is 0 Å². The van der Waals surface area contributed by atoms with Gasteiger partial charge in [-0.25, -0.2) is 23.8 Å². The van der Waals surface area contributed by atoms with Crippen LogP contribution < -0.4 is 20.4 Å². The molecule has 0 bridgehead atoms. The van der Waals surface area contributed by atoms with Crippen LogP contribution in [0.3, 0.4) is 0 Å². The van der Waals surface area contributed by atoms with Crippen molar-refractivity contribution in [3.63, 3.8) is 0 Å². The summed E-state index contributed by atoms with van der Waals surface area (Å²) in [5, 5.41) is 8.56. The highest BCUT2D eigenvalue weighted by atomic mass is 19.1. The van der Waals surface area contributed by atoms with Crippen molar-refractivity contribution in [2.75, 3.05) is 56.1 Å². The highest BCUT2D eigenvalue weighted by Crippen LogP contribution is 2.47. The number of nitrogens with zero attached hydrogens (tertiary/aromatic N) is 4. The lowest BCUT2D eigenvalue weighted by Gasteiger charge is -2.38. The second kappa shape index (κ2) is 9.42. The molecule has 0 aliphatic carbocycles. The van der Waals surface area contributed by atoms with E-state index in [1.807, 2.05) is 0 Å². The van der Waals surface area contributed by atoms with Gasteiger partial charge in [0.05, 0.1) is 25.4 Å². The van der Waals surface area contributed by atoms with E-state index in [9.17, 15) is 8.78 Å². The van der Waals surface area contributed by atoms with Gasteiger partial charge < -0.3 is 20.3 Å². The summed E-state index contributed by atoms with van der Waals surface area (Å²) in [6, 6.07) is 9.13. The number of hydrogen-bond acceptors (Lipinski definition) is 8. The van der Waals surface area contributed by atoms with Crippen molar-refractivity contribution >= 4 is 23.0 Å². The van der Waals surface area contributed by atoms with Crippen LogP contribution in [-0.2, 0) is 10.3 Å². The number of nitrogens with one attached hydrogen (secondary N) is 2. The van der Waals surface area contributed by atoms with E-state index in [4.69, 9.17) is 9.57 Å². The minimum absolute atomic E-state index is 0.133. The van der Waals surface area contributed by atoms with E-state index in [1.165, 1.54) is 24.0 Å². The van der Waals surface area contributed by atoms with Crippen molar-refractivity contribution in [3.8, 4) is 5.75 Å². The fourth-order valence-electron chi connectivity index (χ4n) is 5.72. The van der Waals surface area contributed by atoms with Crippen molar-refractivity contribution in [2.45, 2.75) is 30.7 Å². The lowest BCUT2D eigenvalue weighted by Crippen LogP contribution is -2.42.